The number of hydrogen-bond donors (Lipinski definition) is 0. The van der Waals surface area contributed by atoms with Crippen LogP contribution >= 0.6 is 0 Å². The minimum Gasteiger partial charge on any atom is -0.446 e. The zero-order chi connectivity index (χ0) is 16.7. The van der Waals surface area contributed by atoms with E-state index in [9.17, 15) is 0 Å². The summed E-state index contributed by atoms with van der Waals surface area (Å²) >= 11 is 0. The first-order valence-corrected chi connectivity index (χ1v) is 11.3. The smallest absolute Gasteiger partial charge is 0.222 e. The maximum Gasteiger partial charge on any atom is 0.222 e. The van der Waals surface area contributed by atoms with Crippen LogP contribution in [-0.2, 0) is 17.3 Å². The highest BCUT2D eigenvalue weighted by atomic mass is 28.4. The van der Waals surface area contributed by atoms with E-state index in [2.05, 4.69) is 63.1 Å². The maximum absolute atomic E-state index is 6.74. The van der Waals surface area contributed by atoms with Gasteiger partial charge in [0.05, 0.1) is 6.20 Å². The second kappa shape index (κ2) is 5.91. The molecule has 4 heteroatoms. The Kier molecular flexibility index (Phi) is 4.23. The van der Waals surface area contributed by atoms with E-state index < -0.39 is 8.32 Å². The predicted molar refractivity (Wildman–Crippen MR) is 94.9 cm³/mol. The normalized spacial score (nSPS) is 17.3. The van der Waals surface area contributed by atoms with Crippen molar-refractivity contribution in [2.24, 2.45) is 5.92 Å². The molecule has 0 aliphatic heterocycles. The highest BCUT2D eigenvalue weighted by Gasteiger charge is 2.43. The van der Waals surface area contributed by atoms with Gasteiger partial charge in [0.1, 0.15) is 12.4 Å². The molecule has 1 aliphatic carbocycles. The van der Waals surface area contributed by atoms with Crippen LogP contribution in [0.2, 0.25) is 18.1 Å². The molecule has 0 N–H and O–H groups in total. The van der Waals surface area contributed by atoms with Crippen molar-refractivity contribution in [1.29, 1.82) is 0 Å². The number of hydrogen-bond acceptors (Lipinski definition) is 3. The number of nitrogens with zero attached hydrogens (tertiary/aromatic N) is 1. The summed E-state index contributed by atoms with van der Waals surface area (Å²) in [6, 6.07) is 8.70. The lowest BCUT2D eigenvalue weighted by Gasteiger charge is -2.40. The molecule has 1 aromatic carbocycles. The third-order valence-electron chi connectivity index (χ3n) is 5.43. The van der Waals surface area contributed by atoms with Crippen LogP contribution in [0.3, 0.4) is 0 Å². The van der Waals surface area contributed by atoms with Crippen LogP contribution in [0.5, 0.6) is 0 Å². The van der Waals surface area contributed by atoms with Crippen LogP contribution < -0.4 is 0 Å². The highest BCUT2D eigenvalue weighted by molar-refractivity contribution is 6.74. The largest absolute Gasteiger partial charge is 0.446 e. The molecule has 1 unspecified atom stereocenters. The quantitative estimate of drug-likeness (QED) is 0.727. The van der Waals surface area contributed by atoms with Gasteiger partial charge in [-0.15, -0.1) is 0 Å². The van der Waals surface area contributed by atoms with Gasteiger partial charge in [0.15, 0.2) is 8.32 Å². The van der Waals surface area contributed by atoms with Crippen molar-refractivity contribution < 1.29 is 8.84 Å². The van der Waals surface area contributed by atoms with E-state index in [1.54, 1.807) is 12.5 Å². The van der Waals surface area contributed by atoms with Gasteiger partial charge in [-0.3, -0.25) is 0 Å². The van der Waals surface area contributed by atoms with Crippen LogP contribution in [0.4, 0.5) is 0 Å². The molecular weight excluding hydrogens is 302 g/mol. The monoisotopic (exact) mass is 329 g/mol. The van der Waals surface area contributed by atoms with Crippen molar-refractivity contribution in [3.63, 3.8) is 0 Å². The first kappa shape index (κ1) is 16.5. The van der Waals surface area contributed by atoms with Crippen molar-refractivity contribution in [2.45, 2.75) is 57.8 Å². The van der Waals surface area contributed by atoms with Crippen LogP contribution in [0.1, 0.15) is 43.9 Å². The first-order valence-electron chi connectivity index (χ1n) is 8.42. The van der Waals surface area contributed by atoms with Crippen molar-refractivity contribution >= 4 is 8.32 Å². The van der Waals surface area contributed by atoms with Crippen LogP contribution in [0.15, 0.2) is 41.1 Å². The Morgan fingerprint density at radius 2 is 1.78 bits per heavy atom. The Balaban J connectivity index is 1.87. The van der Waals surface area contributed by atoms with E-state index in [1.165, 1.54) is 11.1 Å². The van der Waals surface area contributed by atoms with Crippen molar-refractivity contribution in [1.82, 2.24) is 4.98 Å². The average Bonchev–Trinajstić information content (AvgIpc) is 3.12. The molecule has 0 spiro atoms. The van der Waals surface area contributed by atoms with Crippen molar-refractivity contribution in [2.75, 3.05) is 0 Å². The molecule has 3 nitrogen and oxygen atoms in total. The number of benzene rings is 1. The van der Waals surface area contributed by atoms with Gasteiger partial charge in [-0.05, 0) is 42.1 Å². The maximum atomic E-state index is 6.74. The molecule has 1 aliphatic rings. The minimum atomic E-state index is -1.89. The summed E-state index contributed by atoms with van der Waals surface area (Å²) in [4.78, 5) is 4.42. The second-order valence-electron chi connectivity index (χ2n) is 8.11. The summed E-state index contributed by atoms with van der Waals surface area (Å²) in [6.07, 6.45) is 5.40. The van der Waals surface area contributed by atoms with Gasteiger partial charge in [0.2, 0.25) is 5.89 Å². The average molecular weight is 330 g/mol. The Labute approximate surface area is 140 Å². The van der Waals surface area contributed by atoms with E-state index in [0.29, 0.717) is 5.92 Å². The van der Waals surface area contributed by atoms with Gasteiger partial charge in [-0.25, -0.2) is 4.98 Å². The second-order valence-corrected chi connectivity index (χ2v) is 12.9. The molecule has 1 aromatic heterocycles. The van der Waals surface area contributed by atoms with Crippen molar-refractivity contribution in [3.05, 3.63) is 53.7 Å². The summed E-state index contributed by atoms with van der Waals surface area (Å²) in [5, 5.41) is 0.170. The zero-order valence-electron chi connectivity index (χ0n) is 14.8. The molecule has 0 radical (unpaired) electrons. The zero-order valence-corrected chi connectivity index (χ0v) is 15.8. The Bertz CT molecular complexity index is 633. The predicted octanol–water partition coefficient (Wildman–Crippen LogP) is 5.15. The molecule has 3 rings (SSSR count). The Hall–Kier alpha value is -1.39. The van der Waals surface area contributed by atoms with E-state index in [1.807, 2.05) is 0 Å². The van der Waals surface area contributed by atoms with Crippen LogP contribution in [0.25, 0.3) is 0 Å². The van der Waals surface area contributed by atoms with Gasteiger partial charge in [-0.2, -0.15) is 0 Å². The molecule has 0 amide bonds. The SMILES string of the molecule is CC(C)(C)[Si](C)(C)OC(c1ncco1)C1Cc2ccccc2C1. The lowest BCUT2D eigenvalue weighted by molar-refractivity contribution is 0.0944. The van der Waals surface area contributed by atoms with Crippen LogP contribution in [-0.4, -0.2) is 13.3 Å². The molecule has 1 atom stereocenters. The van der Waals surface area contributed by atoms with E-state index >= 15 is 0 Å². The standard InChI is InChI=1S/C19H27NO2Si/c1-19(2,3)23(4,5)22-17(18-20-10-11-21-18)16-12-14-8-6-7-9-15(14)13-16/h6-11,16-17H,12-13H2,1-5H3. The fourth-order valence-electron chi connectivity index (χ4n) is 3.02. The van der Waals surface area contributed by atoms with Gasteiger partial charge < -0.3 is 8.84 Å². The molecule has 2 aromatic rings. The number of fused-ring (bicyclic) bond motifs is 1. The van der Waals surface area contributed by atoms with Crippen molar-refractivity contribution in [3.8, 4) is 0 Å². The number of rotatable bonds is 4. The minimum absolute atomic E-state index is 0.0571. The molecule has 0 fully saturated rings. The number of oxazole rings is 1. The summed E-state index contributed by atoms with van der Waals surface area (Å²) in [5.41, 5.74) is 2.88. The molecule has 0 bridgehead atoms. The van der Waals surface area contributed by atoms with E-state index in [0.717, 1.165) is 18.7 Å². The number of aromatic nitrogens is 1. The Morgan fingerprint density at radius 1 is 1.17 bits per heavy atom. The molecule has 0 saturated carbocycles. The van der Waals surface area contributed by atoms with Gasteiger partial charge in [0.25, 0.3) is 0 Å². The summed E-state index contributed by atoms with van der Waals surface area (Å²) in [6.45, 7) is 11.4. The van der Waals surface area contributed by atoms with Gasteiger partial charge in [-0.1, -0.05) is 45.0 Å². The third-order valence-corrected chi connectivity index (χ3v) is 9.89. The molecular formula is C19H27NO2Si. The van der Waals surface area contributed by atoms with E-state index in [4.69, 9.17) is 8.84 Å². The summed E-state index contributed by atoms with van der Waals surface area (Å²) < 4.78 is 12.4. The molecule has 23 heavy (non-hydrogen) atoms. The molecule has 124 valence electrons. The fourth-order valence-corrected chi connectivity index (χ4v) is 4.31. The fraction of sp³-hybridized carbons (Fsp3) is 0.526. The van der Waals surface area contributed by atoms with Gasteiger partial charge >= 0.3 is 0 Å². The Morgan fingerprint density at radius 3 is 2.26 bits per heavy atom. The molecule has 1 heterocycles. The lowest BCUT2D eigenvalue weighted by Crippen LogP contribution is -2.43. The molecule has 0 saturated heterocycles. The van der Waals surface area contributed by atoms with Crippen LogP contribution in [0, 0.1) is 5.92 Å². The summed E-state index contributed by atoms with van der Waals surface area (Å²) in [5.74, 6) is 1.13. The first-order chi connectivity index (χ1) is 10.8. The van der Waals surface area contributed by atoms with E-state index in [-0.39, 0.29) is 11.1 Å². The van der Waals surface area contributed by atoms with Gasteiger partial charge in [0, 0.05) is 5.92 Å². The summed E-state index contributed by atoms with van der Waals surface area (Å²) in [7, 11) is -1.89. The third kappa shape index (κ3) is 3.28. The highest BCUT2D eigenvalue weighted by Crippen LogP contribution is 2.44. The topological polar surface area (TPSA) is 35.3 Å². The lowest BCUT2D eigenvalue weighted by atomic mass is 9.99.